The highest BCUT2D eigenvalue weighted by atomic mass is 16.3. The second kappa shape index (κ2) is 13.6. The molecule has 0 saturated carbocycles. The van der Waals surface area contributed by atoms with E-state index in [0.717, 1.165) is 88.9 Å². The highest BCUT2D eigenvalue weighted by molar-refractivity contribution is 6.15. The summed E-state index contributed by atoms with van der Waals surface area (Å²) >= 11 is 0. The molecular weight excluding hydrogens is 757 g/mol. The molecule has 0 N–H and O–H groups in total. The summed E-state index contributed by atoms with van der Waals surface area (Å²) in [6.07, 6.45) is 0. The Morgan fingerprint density at radius 3 is 1.73 bits per heavy atom. The van der Waals surface area contributed by atoms with E-state index in [-0.39, 0.29) is 0 Å². The van der Waals surface area contributed by atoms with Crippen LogP contribution in [0, 0.1) is 0 Å². The van der Waals surface area contributed by atoms with Gasteiger partial charge in [-0.05, 0) is 106 Å². The van der Waals surface area contributed by atoms with E-state index in [0.29, 0.717) is 0 Å². The van der Waals surface area contributed by atoms with E-state index in [1.807, 2.05) is 18.2 Å². The number of para-hydroxylation sites is 4. The van der Waals surface area contributed by atoms with Crippen LogP contribution >= 0.6 is 0 Å². The van der Waals surface area contributed by atoms with Crippen molar-refractivity contribution in [2.24, 2.45) is 0 Å². The van der Waals surface area contributed by atoms with Crippen LogP contribution in [0.1, 0.15) is 0 Å². The van der Waals surface area contributed by atoms with Crippen molar-refractivity contribution in [3.63, 3.8) is 0 Å². The zero-order valence-electron chi connectivity index (χ0n) is 33.5. The van der Waals surface area contributed by atoms with Crippen molar-refractivity contribution < 1.29 is 8.83 Å². The number of fused-ring (bicyclic) bond motifs is 10. The Kier molecular flexibility index (Phi) is 7.57. The lowest BCUT2D eigenvalue weighted by Gasteiger charge is -2.28. The van der Waals surface area contributed by atoms with Gasteiger partial charge in [-0.15, -0.1) is 0 Å². The zero-order valence-corrected chi connectivity index (χ0v) is 33.5. The van der Waals surface area contributed by atoms with E-state index in [1.54, 1.807) is 0 Å². The summed E-state index contributed by atoms with van der Waals surface area (Å²) in [4.78, 5) is 2.38. The highest BCUT2D eigenvalue weighted by Gasteiger charge is 2.24. The first-order chi connectivity index (χ1) is 30.7. The maximum atomic E-state index is 6.89. The molecule has 0 fully saturated rings. The van der Waals surface area contributed by atoms with Crippen LogP contribution in [0.15, 0.2) is 227 Å². The van der Waals surface area contributed by atoms with Gasteiger partial charge in [0.05, 0.1) is 16.7 Å². The molecule has 0 spiro atoms. The second-order valence-corrected chi connectivity index (χ2v) is 16.0. The fraction of sp³-hybridized carbons (Fsp3) is 0. The third-order valence-electron chi connectivity index (χ3n) is 12.6. The molecule has 62 heavy (non-hydrogen) atoms. The summed E-state index contributed by atoms with van der Waals surface area (Å²) in [5, 5.41) is 9.28. The number of benzene rings is 10. The molecule has 0 atom stereocenters. The van der Waals surface area contributed by atoms with Crippen molar-refractivity contribution in [1.82, 2.24) is 4.57 Å². The number of furan rings is 2. The zero-order chi connectivity index (χ0) is 40.7. The molecule has 0 saturated heterocycles. The molecule has 0 unspecified atom stereocenters. The number of hydrogen-bond donors (Lipinski definition) is 0. The summed E-state index contributed by atoms with van der Waals surface area (Å²) in [7, 11) is 0. The maximum absolute atomic E-state index is 6.89. The summed E-state index contributed by atoms with van der Waals surface area (Å²) in [5.41, 5.74) is 14.4. The van der Waals surface area contributed by atoms with Gasteiger partial charge in [-0.1, -0.05) is 140 Å². The van der Waals surface area contributed by atoms with Gasteiger partial charge in [-0.3, -0.25) is 0 Å². The molecule has 0 aliphatic heterocycles. The lowest BCUT2D eigenvalue weighted by Crippen LogP contribution is -2.11. The largest absolute Gasteiger partial charge is 0.456 e. The first-order valence-electron chi connectivity index (χ1n) is 21.1. The van der Waals surface area contributed by atoms with Crippen molar-refractivity contribution in [2.75, 3.05) is 4.90 Å². The van der Waals surface area contributed by atoms with Gasteiger partial charge in [0, 0.05) is 54.9 Å². The second-order valence-electron chi connectivity index (χ2n) is 16.0. The van der Waals surface area contributed by atoms with Crippen molar-refractivity contribution in [3.05, 3.63) is 218 Å². The third-order valence-corrected chi connectivity index (χ3v) is 12.6. The average Bonchev–Trinajstić information content (AvgIpc) is 4.02. The smallest absolute Gasteiger partial charge is 0.145 e. The van der Waals surface area contributed by atoms with Gasteiger partial charge in [0.15, 0.2) is 0 Å². The van der Waals surface area contributed by atoms with Crippen LogP contribution in [0.4, 0.5) is 17.1 Å². The molecule has 3 heterocycles. The van der Waals surface area contributed by atoms with Crippen LogP contribution in [-0.4, -0.2) is 4.57 Å². The molecule has 4 heteroatoms. The van der Waals surface area contributed by atoms with E-state index in [1.165, 1.54) is 32.6 Å². The van der Waals surface area contributed by atoms with Crippen molar-refractivity contribution >= 4 is 93.5 Å². The maximum Gasteiger partial charge on any atom is 0.145 e. The van der Waals surface area contributed by atoms with Gasteiger partial charge < -0.3 is 18.3 Å². The Labute approximate surface area is 356 Å². The molecule has 0 aliphatic carbocycles. The van der Waals surface area contributed by atoms with E-state index < -0.39 is 0 Å². The number of nitrogens with zero attached hydrogens (tertiary/aromatic N) is 2. The third kappa shape index (κ3) is 5.27. The van der Waals surface area contributed by atoms with Crippen LogP contribution in [0.5, 0.6) is 0 Å². The lowest BCUT2D eigenvalue weighted by molar-refractivity contribution is 0.669. The molecular formula is C58H36N2O2. The molecule has 10 aromatic carbocycles. The highest BCUT2D eigenvalue weighted by Crippen LogP contribution is 2.48. The summed E-state index contributed by atoms with van der Waals surface area (Å²) in [5.74, 6) is 0. The average molecular weight is 793 g/mol. The van der Waals surface area contributed by atoms with Crippen molar-refractivity contribution in [2.45, 2.75) is 0 Å². The Morgan fingerprint density at radius 1 is 0.371 bits per heavy atom. The van der Waals surface area contributed by atoms with E-state index in [4.69, 9.17) is 8.83 Å². The van der Waals surface area contributed by atoms with E-state index in [9.17, 15) is 0 Å². The number of anilines is 3. The van der Waals surface area contributed by atoms with Gasteiger partial charge in [0.25, 0.3) is 0 Å². The minimum Gasteiger partial charge on any atom is -0.456 e. The molecule has 290 valence electrons. The number of hydrogen-bond acceptors (Lipinski definition) is 3. The first-order valence-corrected chi connectivity index (χ1v) is 21.1. The normalized spacial score (nSPS) is 11.9. The molecule has 0 amide bonds. The minimum atomic E-state index is 0.856. The quantitative estimate of drug-likeness (QED) is 0.168. The van der Waals surface area contributed by atoms with Gasteiger partial charge in [0.1, 0.15) is 22.3 Å². The number of aromatic nitrogens is 1. The Bertz CT molecular complexity index is 3810. The summed E-state index contributed by atoms with van der Waals surface area (Å²) in [6.45, 7) is 0. The fourth-order valence-electron chi connectivity index (χ4n) is 9.77. The van der Waals surface area contributed by atoms with Crippen LogP contribution in [0.3, 0.4) is 0 Å². The molecule has 0 aliphatic rings. The van der Waals surface area contributed by atoms with Gasteiger partial charge in [-0.25, -0.2) is 0 Å². The molecule has 13 aromatic rings. The van der Waals surface area contributed by atoms with Crippen LogP contribution in [-0.2, 0) is 0 Å². The van der Waals surface area contributed by atoms with Gasteiger partial charge >= 0.3 is 0 Å². The van der Waals surface area contributed by atoms with E-state index >= 15 is 0 Å². The van der Waals surface area contributed by atoms with Gasteiger partial charge in [0.2, 0.25) is 0 Å². The lowest BCUT2D eigenvalue weighted by atomic mass is 9.97. The van der Waals surface area contributed by atoms with Crippen LogP contribution in [0.25, 0.3) is 104 Å². The predicted octanol–water partition coefficient (Wildman–Crippen LogP) is 16.5. The Hall–Kier alpha value is -8.34. The minimum absolute atomic E-state index is 0.856. The van der Waals surface area contributed by atoms with Crippen LogP contribution in [0.2, 0.25) is 0 Å². The SMILES string of the molecule is c1ccc2cc(N(c3ccc(-c4cccc5oc6ccccc6c45)cc3)c3ccc4c(oc5ccccc54)c3-c3ccc(-n4c5ccccc5c5ccccc54)cc3)ccc2c1. The standard InChI is InChI=1S/C58H36N2O2/c1-2-13-40-36-43(33-24-37(40)12-1)59(41-29-25-38(26-30-41)44-18-11-23-55-57(44)49-17-6-10-22-54(49)61-55)52-35-34-48-47-16-5-9-21-53(47)62-58(48)56(52)39-27-31-42(32-28-39)60-50-19-7-3-14-45(50)46-15-4-8-20-51(46)60/h1-36H. The molecule has 4 nitrogen and oxygen atoms in total. The van der Waals surface area contributed by atoms with Crippen LogP contribution < -0.4 is 4.90 Å². The van der Waals surface area contributed by atoms with Crippen molar-refractivity contribution in [3.8, 4) is 27.9 Å². The molecule has 3 aromatic heterocycles. The first kappa shape index (κ1) is 34.5. The fourth-order valence-corrected chi connectivity index (χ4v) is 9.77. The molecule has 0 bridgehead atoms. The Balaban J connectivity index is 1.03. The van der Waals surface area contributed by atoms with E-state index in [2.05, 4.69) is 210 Å². The summed E-state index contributed by atoms with van der Waals surface area (Å²) < 4.78 is 15.5. The summed E-state index contributed by atoms with van der Waals surface area (Å²) in [6, 6.07) is 78.0. The molecule has 13 rings (SSSR count). The predicted molar refractivity (Wildman–Crippen MR) is 258 cm³/mol. The monoisotopic (exact) mass is 792 g/mol. The molecule has 0 radical (unpaired) electrons. The Morgan fingerprint density at radius 2 is 0.968 bits per heavy atom. The number of rotatable bonds is 6. The van der Waals surface area contributed by atoms with Gasteiger partial charge in [-0.2, -0.15) is 0 Å². The van der Waals surface area contributed by atoms with Crippen molar-refractivity contribution in [1.29, 1.82) is 0 Å². The topological polar surface area (TPSA) is 34.5 Å².